The molecule has 1 aliphatic heterocycles. The van der Waals surface area contributed by atoms with Crippen LogP contribution in [0.1, 0.15) is 16.8 Å². The number of aromatic nitrogens is 1. The van der Waals surface area contributed by atoms with Gasteiger partial charge in [-0.15, -0.1) is 0 Å². The molecule has 0 bridgehead atoms. The lowest BCUT2D eigenvalue weighted by Crippen LogP contribution is -2.49. The molecule has 2 rings (SSSR count). The molecule has 9 nitrogen and oxygen atoms in total. The number of carbonyl (C=O) groups excluding carboxylic acids is 1. The van der Waals surface area contributed by atoms with E-state index in [1.165, 1.54) is 6.92 Å². The van der Waals surface area contributed by atoms with Gasteiger partial charge in [0.25, 0.3) is 5.47 Å². The van der Waals surface area contributed by atoms with Gasteiger partial charge in [0.2, 0.25) is 5.91 Å². The van der Waals surface area contributed by atoms with Crippen molar-refractivity contribution in [3.05, 3.63) is 23.0 Å². The van der Waals surface area contributed by atoms with Gasteiger partial charge in [-0.05, 0) is 6.92 Å². The van der Waals surface area contributed by atoms with E-state index in [2.05, 4.69) is 4.98 Å². The minimum atomic E-state index is -5.46. The van der Waals surface area contributed by atoms with E-state index in [1.54, 1.807) is 0 Å². The summed E-state index contributed by atoms with van der Waals surface area (Å²) in [5.41, 5.74) is -4.22. The number of aryl methyl sites for hydroxylation is 1. The summed E-state index contributed by atoms with van der Waals surface area (Å²) >= 11 is 5.71. The lowest BCUT2D eigenvalue weighted by molar-refractivity contribution is -0.136. The number of aliphatic hydroxyl groups excluding tert-OH is 1. The Labute approximate surface area is 140 Å². The highest BCUT2D eigenvalue weighted by atomic mass is 32.2. The number of rotatable bonds is 4. The first-order valence-electron chi connectivity index (χ1n) is 6.12. The summed E-state index contributed by atoms with van der Waals surface area (Å²) in [5, 5.41) is 30.4. The Hall–Kier alpha value is -1.07. The Bertz CT molecular complexity index is 721. The van der Waals surface area contributed by atoms with Crippen LogP contribution in [-0.4, -0.2) is 51.0 Å². The van der Waals surface area contributed by atoms with Crippen molar-refractivity contribution in [3.8, 4) is 5.75 Å². The highest BCUT2D eigenvalue weighted by Gasteiger charge is 2.59. The maximum absolute atomic E-state index is 12.0. The average Bonchev–Trinajstić information content (AvgIpc) is 2.79. The van der Waals surface area contributed by atoms with Crippen LogP contribution in [0.3, 0.4) is 0 Å². The predicted octanol–water partition coefficient (Wildman–Crippen LogP) is -0.271. The second kappa shape index (κ2) is 6.10. The van der Waals surface area contributed by atoms with Crippen molar-refractivity contribution in [2.45, 2.75) is 19.0 Å². The molecule has 1 atom stereocenters. The number of thioether (sulfide) groups is 1. The normalized spacial score (nSPS) is 18.4. The first-order chi connectivity index (χ1) is 10.6. The minimum absolute atomic E-state index is 0.0470. The van der Waals surface area contributed by atoms with E-state index in [-0.39, 0.29) is 21.3 Å². The molecule has 1 aromatic rings. The Morgan fingerprint density at radius 3 is 2.57 bits per heavy atom. The predicted molar refractivity (Wildman–Crippen MR) is 84.4 cm³/mol. The fourth-order valence-electron chi connectivity index (χ4n) is 2.17. The summed E-state index contributed by atoms with van der Waals surface area (Å²) in [7, 11) is -5.46. The van der Waals surface area contributed by atoms with Crippen LogP contribution in [0.15, 0.2) is 6.20 Å². The summed E-state index contributed by atoms with van der Waals surface area (Å²) in [6, 6.07) is 0. The smallest absolute Gasteiger partial charge is 0.383 e. The van der Waals surface area contributed by atoms with E-state index >= 15 is 0 Å². The van der Waals surface area contributed by atoms with Crippen molar-refractivity contribution in [1.29, 1.82) is 0 Å². The minimum Gasteiger partial charge on any atom is -0.506 e. The van der Waals surface area contributed by atoms with Crippen LogP contribution >= 0.6 is 31.6 Å². The van der Waals surface area contributed by atoms with E-state index in [0.717, 1.165) is 18.0 Å². The fourth-order valence-corrected chi connectivity index (χ4v) is 4.47. The van der Waals surface area contributed by atoms with Gasteiger partial charge >= 0.3 is 7.60 Å². The maximum atomic E-state index is 12.0. The third-order valence-corrected chi connectivity index (χ3v) is 5.88. The molecule has 1 saturated heterocycles. The molecule has 0 spiro atoms. The molecule has 23 heavy (non-hydrogen) atoms. The first kappa shape index (κ1) is 18.3. The molecule has 12 heteroatoms. The molecule has 0 aliphatic carbocycles. The lowest BCUT2D eigenvalue weighted by atomic mass is 10.1. The number of thiocarbonyl (C=S) groups is 1. The van der Waals surface area contributed by atoms with Crippen LogP contribution in [0.4, 0.5) is 0 Å². The quantitative estimate of drug-likeness (QED) is 0.349. The van der Waals surface area contributed by atoms with Gasteiger partial charge in [-0.2, -0.15) is 0 Å². The van der Waals surface area contributed by atoms with E-state index in [0.29, 0.717) is 4.90 Å². The van der Waals surface area contributed by atoms with Crippen LogP contribution in [0.25, 0.3) is 0 Å². The van der Waals surface area contributed by atoms with Gasteiger partial charge in [0.05, 0.1) is 23.6 Å². The Morgan fingerprint density at radius 1 is 1.52 bits per heavy atom. The molecule has 5 N–H and O–H groups in total. The van der Waals surface area contributed by atoms with E-state index in [9.17, 15) is 34.5 Å². The third-order valence-electron chi connectivity index (χ3n) is 3.29. The Morgan fingerprint density at radius 2 is 2.13 bits per heavy atom. The lowest BCUT2D eigenvalue weighted by Gasteiger charge is -2.37. The molecule has 0 aromatic carbocycles. The zero-order valence-corrected chi connectivity index (χ0v) is 14.2. The summed E-state index contributed by atoms with van der Waals surface area (Å²) in [4.78, 5) is 35.5. The molecular formula is C11H13N2O7PS2. The molecule has 0 saturated carbocycles. The molecule has 1 fully saturated rings. The van der Waals surface area contributed by atoms with Crippen LogP contribution in [0.2, 0.25) is 0 Å². The summed E-state index contributed by atoms with van der Waals surface area (Å²) in [6.45, 7) is 0.555. The second-order valence-electron chi connectivity index (χ2n) is 4.71. The largest absolute Gasteiger partial charge is 0.506 e. The van der Waals surface area contributed by atoms with E-state index < -0.39 is 36.9 Å². The number of aliphatic hydroxyl groups is 2. The summed E-state index contributed by atoms with van der Waals surface area (Å²) in [5.74, 6) is -1.78. The van der Waals surface area contributed by atoms with Crippen molar-refractivity contribution in [1.82, 2.24) is 9.88 Å². The Balaban J connectivity index is 2.86. The van der Waals surface area contributed by atoms with E-state index in [4.69, 9.17) is 12.2 Å². The zero-order valence-electron chi connectivity index (χ0n) is 11.7. The molecular weight excluding hydrogens is 367 g/mol. The van der Waals surface area contributed by atoms with Crippen LogP contribution in [0.5, 0.6) is 5.75 Å². The molecule has 0 radical (unpaired) electrons. The SMILES string of the molecule is Cc1ncc(CO)c(C(O)(N2C(=O)CSC2=S)P(=O)(O)O)c1O. The number of aromatic hydroxyl groups is 1. The van der Waals surface area contributed by atoms with E-state index in [1.807, 2.05) is 0 Å². The topological polar surface area (TPSA) is 151 Å². The number of amides is 1. The molecule has 2 heterocycles. The number of pyridine rings is 1. The van der Waals surface area contributed by atoms with Crippen molar-refractivity contribution in [3.63, 3.8) is 0 Å². The molecule has 1 amide bonds. The molecule has 1 aliphatic rings. The average molecular weight is 380 g/mol. The van der Waals surface area contributed by atoms with Crippen molar-refractivity contribution in [2.24, 2.45) is 0 Å². The van der Waals surface area contributed by atoms with Gasteiger partial charge in [0.15, 0.2) is 0 Å². The third kappa shape index (κ3) is 2.78. The number of nitrogens with zero attached hydrogens (tertiary/aromatic N) is 2. The molecule has 126 valence electrons. The summed E-state index contributed by atoms with van der Waals surface area (Å²) < 4.78 is 11.8. The zero-order chi connectivity index (χ0) is 17.6. The fraction of sp³-hybridized carbons (Fsp3) is 0.364. The molecule has 1 unspecified atom stereocenters. The van der Waals surface area contributed by atoms with Crippen molar-refractivity contribution in [2.75, 3.05) is 5.75 Å². The van der Waals surface area contributed by atoms with Crippen LogP contribution in [0, 0.1) is 6.92 Å². The Kier molecular flexibility index (Phi) is 4.84. The van der Waals surface area contributed by atoms with Gasteiger partial charge in [-0.3, -0.25) is 19.2 Å². The van der Waals surface area contributed by atoms with Crippen LogP contribution < -0.4 is 0 Å². The summed E-state index contributed by atoms with van der Waals surface area (Å²) in [6.07, 6.45) is 1.04. The highest BCUT2D eigenvalue weighted by molar-refractivity contribution is 8.24. The maximum Gasteiger partial charge on any atom is 0.383 e. The van der Waals surface area contributed by atoms with Gasteiger partial charge in [0.1, 0.15) is 10.1 Å². The highest BCUT2D eigenvalue weighted by Crippen LogP contribution is 2.61. The monoisotopic (exact) mass is 380 g/mol. The first-order valence-corrected chi connectivity index (χ1v) is 9.13. The number of hydrogen-bond donors (Lipinski definition) is 5. The van der Waals surface area contributed by atoms with Crippen LogP contribution in [-0.2, 0) is 21.4 Å². The van der Waals surface area contributed by atoms with Crippen molar-refractivity contribution < 1.29 is 34.5 Å². The van der Waals surface area contributed by atoms with Crippen molar-refractivity contribution >= 4 is 41.8 Å². The standard InChI is InChI=1S/C11H13N2O7PS2/c1-5-9(16)8(6(3-14)2-12-5)11(17,21(18,19)20)13-7(15)4-23-10(13)22/h2,14,16-17H,3-4H2,1H3,(H2,18,19,20). The second-order valence-corrected chi connectivity index (χ2v) is 8.03. The number of hydrogen-bond acceptors (Lipinski definition) is 8. The van der Waals surface area contributed by atoms with Gasteiger partial charge in [-0.1, -0.05) is 24.0 Å². The van der Waals surface area contributed by atoms with Gasteiger partial charge < -0.3 is 25.1 Å². The molecule has 1 aromatic heterocycles. The van der Waals surface area contributed by atoms with Gasteiger partial charge in [0, 0.05) is 11.8 Å². The van der Waals surface area contributed by atoms with Gasteiger partial charge in [-0.25, -0.2) is 0 Å². The number of carbonyl (C=O) groups is 1.